The average molecular weight is 407 g/mol. The largest absolute Gasteiger partial charge is 0.505 e. The number of benzene rings is 2. The number of hydrogen-bond acceptors (Lipinski definition) is 6. The monoisotopic (exact) mass is 407 g/mol. The van der Waals surface area contributed by atoms with Crippen molar-refractivity contribution in [3.8, 4) is 17.2 Å². The zero-order valence-corrected chi connectivity index (χ0v) is 16.5. The third kappa shape index (κ3) is 3.40. The van der Waals surface area contributed by atoms with Crippen molar-refractivity contribution >= 4 is 22.7 Å². The van der Waals surface area contributed by atoms with Gasteiger partial charge in [-0.05, 0) is 43.3 Å². The summed E-state index contributed by atoms with van der Waals surface area (Å²) >= 11 is 1.05. The molecule has 0 saturated heterocycles. The minimum absolute atomic E-state index is 0.0223. The second-order valence-corrected chi connectivity index (χ2v) is 7.43. The van der Waals surface area contributed by atoms with Crippen LogP contribution in [-0.4, -0.2) is 16.8 Å². The molecule has 7 heteroatoms. The molecule has 0 unspecified atom stereocenters. The van der Waals surface area contributed by atoms with Gasteiger partial charge in [-0.1, -0.05) is 30.0 Å². The van der Waals surface area contributed by atoms with E-state index in [1.165, 1.54) is 4.57 Å². The Hall–Kier alpha value is -3.45. The van der Waals surface area contributed by atoms with Crippen molar-refractivity contribution < 1.29 is 14.3 Å². The highest BCUT2D eigenvalue weighted by Crippen LogP contribution is 2.35. The van der Waals surface area contributed by atoms with Crippen molar-refractivity contribution in [1.82, 2.24) is 4.57 Å². The number of aromatic hydroxyl groups is 1. The molecule has 0 aliphatic heterocycles. The van der Waals surface area contributed by atoms with E-state index in [0.717, 1.165) is 16.7 Å². The molecule has 29 heavy (non-hydrogen) atoms. The molecule has 4 aromatic rings. The molecule has 2 aromatic heterocycles. The lowest BCUT2D eigenvalue weighted by Gasteiger charge is -2.13. The lowest BCUT2D eigenvalue weighted by Crippen LogP contribution is -2.22. The normalized spacial score (nSPS) is 11.0. The van der Waals surface area contributed by atoms with Gasteiger partial charge in [0.25, 0.3) is 5.56 Å². The van der Waals surface area contributed by atoms with Gasteiger partial charge in [0, 0.05) is 22.3 Å². The van der Waals surface area contributed by atoms with Gasteiger partial charge in [0.05, 0.1) is 7.11 Å². The van der Waals surface area contributed by atoms with Gasteiger partial charge in [0.1, 0.15) is 21.6 Å². The van der Waals surface area contributed by atoms with E-state index in [1.54, 1.807) is 56.5 Å². The van der Waals surface area contributed by atoms with Crippen LogP contribution in [-0.2, 0) is 0 Å². The molecule has 0 spiro atoms. The lowest BCUT2D eigenvalue weighted by atomic mass is 10.2. The maximum Gasteiger partial charge on any atom is 0.354 e. The highest BCUT2D eigenvalue weighted by molar-refractivity contribution is 7.99. The fraction of sp³-hybridized carbons (Fsp3) is 0.0909. The van der Waals surface area contributed by atoms with Gasteiger partial charge in [-0.15, -0.1) is 0 Å². The van der Waals surface area contributed by atoms with E-state index in [-0.39, 0.29) is 21.6 Å². The summed E-state index contributed by atoms with van der Waals surface area (Å²) in [7, 11) is 1.56. The Morgan fingerprint density at radius 3 is 2.38 bits per heavy atom. The zero-order chi connectivity index (χ0) is 20.5. The summed E-state index contributed by atoms with van der Waals surface area (Å²) in [5.74, 6) is 0.285. The highest BCUT2D eigenvalue weighted by atomic mass is 32.2. The first-order valence-electron chi connectivity index (χ1n) is 8.79. The van der Waals surface area contributed by atoms with Crippen LogP contribution >= 0.6 is 11.8 Å². The van der Waals surface area contributed by atoms with Crippen molar-refractivity contribution in [2.75, 3.05) is 7.11 Å². The van der Waals surface area contributed by atoms with Gasteiger partial charge < -0.3 is 14.3 Å². The maximum atomic E-state index is 13.2. The second kappa shape index (κ2) is 7.52. The van der Waals surface area contributed by atoms with E-state index in [0.29, 0.717) is 17.1 Å². The maximum absolute atomic E-state index is 13.2. The molecule has 1 N–H and O–H groups in total. The Morgan fingerprint density at radius 1 is 1.03 bits per heavy atom. The van der Waals surface area contributed by atoms with Gasteiger partial charge in [-0.2, -0.15) is 0 Å². The lowest BCUT2D eigenvalue weighted by molar-refractivity contribution is 0.414. The number of aryl methyl sites for hydroxylation is 1. The van der Waals surface area contributed by atoms with E-state index < -0.39 is 11.2 Å². The Balaban J connectivity index is 1.94. The van der Waals surface area contributed by atoms with Crippen LogP contribution in [0.15, 0.2) is 84.5 Å². The molecule has 0 radical (unpaired) electrons. The summed E-state index contributed by atoms with van der Waals surface area (Å²) in [6.45, 7) is 1.73. The number of hydrogen-bond donors (Lipinski definition) is 1. The summed E-state index contributed by atoms with van der Waals surface area (Å²) in [5, 5.41) is 10.8. The van der Waals surface area contributed by atoms with Crippen molar-refractivity contribution in [3.63, 3.8) is 0 Å². The SMILES string of the molecule is COc1ccc(-n2c(C)cc3oc(=O)c(Sc4ccccc4)c(O)c3c2=O)cc1. The summed E-state index contributed by atoms with van der Waals surface area (Å²) in [4.78, 5) is 26.4. The quantitative estimate of drug-likeness (QED) is 0.548. The van der Waals surface area contributed by atoms with Crippen LogP contribution in [0.2, 0.25) is 0 Å². The van der Waals surface area contributed by atoms with Gasteiger partial charge in [-0.25, -0.2) is 4.79 Å². The van der Waals surface area contributed by atoms with E-state index in [1.807, 2.05) is 18.2 Å². The average Bonchev–Trinajstić information content (AvgIpc) is 2.72. The van der Waals surface area contributed by atoms with E-state index >= 15 is 0 Å². The second-order valence-electron chi connectivity index (χ2n) is 6.35. The molecule has 2 heterocycles. The third-order valence-corrected chi connectivity index (χ3v) is 5.56. The van der Waals surface area contributed by atoms with Crippen molar-refractivity contribution in [2.24, 2.45) is 0 Å². The summed E-state index contributed by atoms with van der Waals surface area (Å²) in [6.07, 6.45) is 0. The van der Waals surface area contributed by atoms with Crippen LogP contribution in [0.5, 0.6) is 11.5 Å². The number of ether oxygens (including phenoxy) is 1. The van der Waals surface area contributed by atoms with Gasteiger partial charge in [-0.3, -0.25) is 9.36 Å². The molecule has 0 bridgehead atoms. The number of nitrogens with zero attached hydrogens (tertiary/aromatic N) is 1. The van der Waals surface area contributed by atoms with Crippen LogP contribution in [0.25, 0.3) is 16.7 Å². The first-order valence-corrected chi connectivity index (χ1v) is 9.61. The molecule has 4 rings (SSSR count). The van der Waals surface area contributed by atoms with Crippen LogP contribution in [0.1, 0.15) is 5.69 Å². The van der Waals surface area contributed by atoms with E-state index in [9.17, 15) is 14.7 Å². The number of methoxy groups -OCH3 is 1. The third-order valence-electron chi connectivity index (χ3n) is 4.49. The van der Waals surface area contributed by atoms with E-state index in [2.05, 4.69) is 0 Å². The van der Waals surface area contributed by atoms with Crippen molar-refractivity contribution in [3.05, 3.63) is 87.1 Å². The Bertz CT molecular complexity index is 1310. The molecule has 146 valence electrons. The van der Waals surface area contributed by atoms with Crippen molar-refractivity contribution in [1.29, 1.82) is 0 Å². The Labute approximate surface area is 170 Å². The summed E-state index contributed by atoms with van der Waals surface area (Å²) in [5.41, 5.74) is 0.0695. The highest BCUT2D eigenvalue weighted by Gasteiger charge is 2.20. The Kier molecular flexibility index (Phi) is 4.90. The summed E-state index contributed by atoms with van der Waals surface area (Å²) < 4.78 is 12.0. The molecule has 0 aliphatic rings. The number of aromatic nitrogens is 1. The molecule has 0 saturated carbocycles. The van der Waals surface area contributed by atoms with Gasteiger partial charge >= 0.3 is 5.63 Å². The van der Waals surface area contributed by atoms with Crippen molar-refractivity contribution in [2.45, 2.75) is 16.7 Å². The molecule has 0 atom stereocenters. The first kappa shape index (κ1) is 18.9. The first-order chi connectivity index (χ1) is 14.0. The fourth-order valence-electron chi connectivity index (χ4n) is 3.11. The molecule has 0 aliphatic carbocycles. The van der Waals surface area contributed by atoms with Gasteiger partial charge in [0.2, 0.25) is 0 Å². The number of fused-ring (bicyclic) bond motifs is 1. The number of rotatable bonds is 4. The standard InChI is InChI=1S/C22H17NO5S/c1-13-12-17-18(21(25)23(13)14-8-10-15(27-2)11-9-14)19(24)20(22(26)28-17)29-16-6-4-3-5-7-16/h3-12,24H,1-2H3. The minimum atomic E-state index is -0.690. The number of pyridine rings is 1. The molecular weight excluding hydrogens is 390 g/mol. The summed E-state index contributed by atoms with van der Waals surface area (Å²) in [6, 6.07) is 17.6. The minimum Gasteiger partial charge on any atom is -0.505 e. The van der Waals surface area contributed by atoms with Crippen LogP contribution in [0.3, 0.4) is 0 Å². The predicted molar refractivity (Wildman–Crippen MR) is 112 cm³/mol. The molecule has 6 nitrogen and oxygen atoms in total. The molecule has 2 aromatic carbocycles. The zero-order valence-electron chi connectivity index (χ0n) is 15.7. The van der Waals surface area contributed by atoms with Crippen LogP contribution < -0.4 is 15.9 Å². The van der Waals surface area contributed by atoms with Crippen LogP contribution in [0, 0.1) is 6.92 Å². The van der Waals surface area contributed by atoms with Gasteiger partial charge in [0.15, 0.2) is 5.75 Å². The predicted octanol–water partition coefficient (Wildman–Crippen LogP) is 4.12. The molecule has 0 fully saturated rings. The molecular formula is C22H17NO5S. The molecule has 0 amide bonds. The smallest absolute Gasteiger partial charge is 0.354 e. The van der Waals surface area contributed by atoms with Crippen LogP contribution in [0.4, 0.5) is 0 Å². The fourth-order valence-corrected chi connectivity index (χ4v) is 3.96. The Morgan fingerprint density at radius 2 is 1.72 bits per heavy atom. The topological polar surface area (TPSA) is 81.7 Å². The van der Waals surface area contributed by atoms with E-state index in [4.69, 9.17) is 9.15 Å².